The predicted octanol–water partition coefficient (Wildman–Crippen LogP) is 1.21. The third-order valence-corrected chi connectivity index (χ3v) is 3.12. The van der Waals surface area contributed by atoms with E-state index in [4.69, 9.17) is 9.84 Å². The maximum Gasteiger partial charge on any atom is 0.321 e. The Labute approximate surface area is 91.2 Å². The molecule has 0 spiro atoms. The van der Waals surface area contributed by atoms with Crippen molar-refractivity contribution in [2.75, 3.05) is 19.8 Å². The van der Waals surface area contributed by atoms with Crippen LogP contribution in [-0.4, -0.2) is 47.8 Å². The van der Waals surface area contributed by atoms with Gasteiger partial charge in [0.15, 0.2) is 0 Å². The molecule has 1 saturated heterocycles. The first-order chi connectivity index (χ1) is 7.07. The molecule has 1 heterocycles. The lowest BCUT2D eigenvalue weighted by Gasteiger charge is -2.29. The summed E-state index contributed by atoms with van der Waals surface area (Å²) in [6, 6.07) is -0.142. The summed E-state index contributed by atoms with van der Waals surface area (Å²) in [5, 5.41) is 9.15. The van der Waals surface area contributed by atoms with Gasteiger partial charge < -0.3 is 9.84 Å². The van der Waals surface area contributed by atoms with Crippen LogP contribution >= 0.6 is 0 Å². The Kier molecular flexibility index (Phi) is 4.54. The maximum atomic E-state index is 11.1. The number of aliphatic carboxylic acids is 1. The van der Waals surface area contributed by atoms with Crippen LogP contribution in [0.3, 0.4) is 0 Å². The molecule has 1 fully saturated rings. The summed E-state index contributed by atoms with van der Waals surface area (Å²) >= 11 is 0. The van der Waals surface area contributed by atoms with Crippen LogP contribution in [0.4, 0.5) is 0 Å². The topological polar surface area (TPSA) is 49.8 Å². The second-order valence-electron chi connectivity index (χ2n) is 4.30. The minimum absolute atomic E-state index is 0.191. The molecule has 15 heavy (non-hydrogen) atoms. The van der Waals surface area contributed by atoms with Crippen molar-refractivity contribution in [2.24, 2.45) is 5.92 Å². The Bertz CT molecular complexity index is 220. The minimum Gasteiger partial charge on any atom is -0.480 e. The Morgan fingerprint density at radius 3 is 2.87 bits per heavy atom. The molecule has 0 aliphatic carbocycles. The number of nitrogens with zero attached hydrogens (tertiary/aromatic N) is 1. The van der Waals surface area contributed by atoms with E-state index in [0.29, 0.717) is 13.2 Å². The monoisotopic (exact) mass is 215 g/mol. The lowest BCUT2D eigenvalue weighted by molar-refractivity contribution is -0.144. The van der Waals surface area contributed by atoms with Crippen molar-refractivity contribution in [1.29, 1.82) is 0 Å². The summed E-state index contributed by atoms with van der Waals surface area (Å²) in [6.07, 6.45) is 0.966. The van der Waals surface area contributed by atoms with E-state index in [1.807, 2.05) is 25.7 Å². The van der Waals surface area contributed by atoms with E-state index in [1.54, 1.807) is 0 Å². The van der Waals surface area contributed by atoms with Crippen molar-refractivity contribution in [3.05, 3.63) is 0 Å². The van der Waals surface area contributed by atoms with Gasteiger partial charge in [-0.05, 0) is 32.7 Å². The number of carbonyl (C=O) groups is 1. The van der Waals surface area contributed by atoms with Gasteiger partial charge in [0.1, 0.15) is 6.04 Å². The second-order valence-corrected chi connectivity index (χ2v) is 4.30. The van der Waals surface area contributed by atoms with Crippen molar-refractivity contribution >= 4 is 5.97 Å². The average Bonchev–Trinajstić information content (AvgIpc) is 2.56. The molecule has 1 N–H and O–H groups in total. The molecule has 0 saturated carbocycles. The molecular formula is C11H21NO3. The zero-order valence-corrected chi connectivity index (χ0v) is 9.77. The Balaban J connectivity index is 2.56. The molecule has 4 heteroatoms. The molecule has 0 aromatic carbocycles. The zero-order chi connectivity index (χ0) is 11.4. The molecular weight excluding hydrogens is 194 g/mol. The fourth-order valence-electron chi connectivity index (χ4n) is 2.24. The first-order valence-corrected chi connectivity index (χ1v) is 5.64. The van der Waals surface area contributed by atoms with Gasteiger partial charge in [0.05, 0.1) is 6.61 Å². The van der Waals surface area contributed by atoms with Crippen molar-refractivity contribution < 1.29 is 14.6 Å². The molecule has 4 nitrogen and oxygen atoms in total. The van der Waals surface area contributed by atoms with Crippen molar-refractivity contribution in [2.45, 2.75) is 39.3 Å². The number of carboxylic acids is 1. The van der Waals surface area contributed by atoms with Crippen LogP contribution in [-0.2, 0) is 9.53 Å². The summed E-state index contributed by atoms with van der Waals surface area (Å²) in [7, 11) is 0. The Morgan fingerprint density at radius 1 is 1.67 bits per heavy atom. The highest BCUT2D eigenvalue weighted by molar-refractivity contribution is 5.74. The largest absolute Gasteiger partial charge is 0.480 e. The number of likely N-dealkylation sites (tertiary alicyclic amines) is 1. The number of hydrogen-bond donors (Lipinski definition) is 1. The van der Waals surface area contributed by atoms with Gasteiger partial charge in [-0.2, -0.15) is 0 Å². The van der Waals surface area contributed by atoms with Crippen LogP contribution in [0.15, 0.2) is 0 Å². The SMILES string of the molecule is CCOCC(C)N1CCC(C)C1C(=O)O. The van der Waals surface area contributed by atoms with E-state index in [-0.39, 0.29) is 18.0 Å². The van der Waals surface area contributed by atoms with E-state index in [0.717, 1.165) is 13.0 Å². The Morgan fingerprint density at radius 2 is 2.33 bits per heavy atom. The molecule has 1 rings (SSSR count). The summed E-state index contributed by atoms with van der Waals surface area (Å²) in [4.78, 5) is 13.2. The van der Waals surface area contributed by atoms with Crippen molar-refractivity contribution in [1.82, 2.24) is 4.90 Å². The predicted molar refractivity (Wildman–Crippen MR) is 57.9 cm³/mol. The standard InChI is InChI=1S/C11H21NO3/c1-4-15-7-9(3)12-6-5-8(2)10(12)11(13)14/h8-10H,4-7H2,1-3H3,(H,13,14). The fraction of sp³-hybridized carbons (Fsp3) is 0.909. The lowest BCUT2D eigenvalue weighted by atomic mass is 10.0. The summed E-state index contributed by atoms with van der Waals surface area (Å²) in [6.45, 7) is 8.16. The third kappa shape index (κ3) is 2.92. The van der Waals surface area contributed by atoms with E-state index in [2.05, 4.69) is 0 Å². The van der Waals surface area contributed by atoms with E-state index in [9.17, 15) is 4.79 Å². The second kappa shape index (κ2) is 5.47. The van der Waals surface area contributed by atoms with Gasteiger partial charge in [-0.25, -0.2) is 0 Å². The highest BCUT2D eigenvalue weighted by Gasteiger charge is 2.38. The highest BCUT2D eigenvalue weighted by Crippen LogP contribution is 2.26. The summed E-state index contributed by atoms with van der Waals surface area (Å²) in [5.74, 6) is -0.463. The first kappa shape index (κ1) is 12.5. The highest BCUT2D eigenvalue weighted by atomic mass is 16.5. The van der Waals surface area contributed by atoms with Crippen LogP contribution < -0.4 is 0 Å². The van der Waals surface area contributed by atoms with Gasteiger partial charge >= 0.3 is 5.97 Å². The summed E-state index contributed by atoms with van der Waals surface area (Å²) < 4.78 is 5.34. The Hall–Kier alpha value is -0.610. The number of rotatable bonds is 5. The molecule has 88 valence electrons. The van der Waals surface area contributed by atoms with Gasteiger partial charge in [-0.3, -0.25) is 9.69 Å². The normalized spacial score (nSPS) is 29.3. The van der Waals surface area contributed by atoms with E-state index >= 15 is 0 Å². The molecule has 3 unspecified atom stereocenters. The average molecular weight is 215 g/mol. The minimum atomic E-state index is -0.705. The maximum absolute atomic E-state index is 11.1. The first-order valence-electron chi connectivity index (χ1n) is 5.64. The van der Waals surface area contributed by atoms with Crippen LogP contribution in [0.2, 0.25) is 0 Å². The number of hydrogen-bond acceptors (Lipinski definition) is 3. The quantitative estimate of drug-likeness (QED) is 0.749. The van der Waals surface area contributed by atoms with Gasteiger partial charge in [0.2, 0.25) is 0 Å². The third-order valence-electron chi connectivity index (χ3n) is 3.12. The molecule has 0 radical (unpaired) electrons. The van der Waals surface area contributed by atoms with E-state index in [1.165, 1.54) is 0 Å². The van der Waals surface area contributed by atoms with Gasteiger partial charge in [0.25, 0.3) is 0 Å². The smallest absolute Gasteiger partial charge is 0.321 e. The number of ether oxygens (including phenoxy) is 1. The van der Waals surface area contributed by atoms with Gasteiger partial charge in [-0.15, -0.1) is 0 Å². The van der Waals surface area contributed by atoms with Crippen molar-refractivity contribution in [3.8, 4) is 0 Å². The summed E-state index contributed by atoms with van der Waals surface area (Å²) in [5.41, 5.74) is 0. The molecule has 1 aliphatic rings. The van der Waals surface area contributed by atoms with Gasteiger partial charge in [0, 0.05) is 12.6 Å². The molecule has 0 aromatic rings. The zero-order valence-electron chi connectivity index (χ0n) is 9.77. The number of carboxylic acid groups (broad SMARTS) is 1. The van der Waals surface area contributed by atoms with Crippen LogP contribution in [0.1, 0.15) is 27.2 Å². The lowest BCUT2D eigenvalue weighted by Crippen LogP contribution is -2.45. The molecule has 0 amide bonds. The fourth-order valence-corrected chi connectivity index (χ4v) is 2.24. The molecule has 0 aromatic heterocycles. The molecule has 1 aliphatic heterocycles. The van der Waals surface area contributed by atoms with E-state index < -0.39 is 5.97 Å². The van der Waals surface area contributed by atoms with Gasteiger partial charge in [-0.1, -0.05) is 6.92 Å². The molecule has 0 bridgehead atoms. The van der Waals surface area contributed by atoms with Crippen LogP contribution in [0, 0.1) is 5.92 Å². The van der Waals surface area contributed by atoms with Crippen LogP contribution in [0.25, 0.3) is 0 Å². The molecule has 3 atom stereocenters. The van der Waals surface area contributed by atoms with Crippen molar-refractivity contribution in [3.63, 3.8) is 0 Å². The van der Waals surface area contributed by atoms with Crippen LogP contribution in [0.5, 0.6) is 0 Å².